The van der Waals surface area contributed by atoms with Crippen molar-refractivity contribution in [2.24, 2.45) is 0 Å². The Kier molecular flexibility index (Phi) is 4.14. The summed E-state index contributed by atoms with van der Waals surface area (Å²) in [7, 11) is 0. The lowest BCUT2D eigenvalue weighted by Gasteiger charge is -2.30. The molecule has 2 aromatic rings. The van der Waals surface area contributed by atoms with E-state index in [1.807, 2.05) is 11.3 Å². The first-order valence-corrected chi connectivity index (χ1v) is 8.05. The summed E-state index contributed by atoms with van der Waals surface area (Å²) in [4.78, 5) is 7.39. The molecule has 0 saturated carbocycles. The highest BCUT2D eigenvalue weighted by Gasteiger charge is 2.22. The molecule has 1 fully saturated rings. The summed E-state index contributed by atoms with van der Waals surface area (Å²) in [6, 6.07) is 8.48. The van der Waals surface area contributed by atoms with Gasteiger partial charge in [0, 0.05) is 5.92 Å². The van der Waals surface area contributed by atoms with Crippen LogP contribution >= 0.6 is 11.3 Å². The zero-order valence-electron chi connectivity index (χ0n) is 11.3. The van der Waals surface area contributed by atoms with Gasteiger partial charge in [-0.15, -0.1) is 11.3 Å². The smallest absolute Gasteiger partial charge is 0.0970 e. The molecule has 1 aromatic heterocycles. The molecule has 1 saturated heterocycles. The molecule has 1 aliphatic rings. The molecule has 1 radical (unpaired) electrons. The van der Waals surface area contributed by atoms with Crippen molar-refractivity contribution in [2.45, 2.75) is 31.6 Å². The Balaban J connectivity index is 1.64. The molecular weight excluding hydrogens is 252 g/mol. The predicted molar refractivity (Wildman–Crippen MR) is 82.6 cm³/mol. The molecule has 0 N–H and O–H groups in total. The summed E-state index contributed by atoms with van der Waals surface area (Å²) >= 11 is 1.88. The van der Waals surface area contributed by atoms with Gasteiger partial charge < -0.3 is 4.90 Å². The monoisotopic (exact) mass is 273 g/mol. The molecule has 0 amide bonds. The molecule has 0 spiro atoms. The first-order chi connectivity index (χ1) is 9.36. The number of nitrogens with zero attached hydrogens (tertiary/aromatic N) is 2. The van der Waals surface area contributed by atoms with Crippen LogP contribution in [0.1, 0.15) is 36.6 Å². The van der Waals surface area contributed by atoms with Crippen LogP contribution in [0.3, 0.4) is 0 Å². The highest BCUT2D eigenvalue weighted by Crippen LogP contribution is 2.33. The van der Waals surface area contributed by atoms with Gasteiger partial charge in [0.2, 0.25) is 0 Å². The number of rotatable bonds is 4. The van der Waals surface area contributed by atoms with E-state index in [0.717, 1.165) is 6.42 Å². The number of benzene rings is 1. The highest BCUT2D eigenvalue weighted by molar-refractivity contribution is 7.18. The Morgan fingerprint density at radius 2 is 2.05 bits per heavy atom. The average Bonchev–Trinajstić information content (AvgIpc) is 2.89. The lowest BCUT2D eigenvalue weighted by Crippen LogP contribution is -2.33. The first kappa shape index (κ1) is 13.1. The summed E-state index contributed by atoms with van der Waals surface area (Å²) < 4.78 is 1.33. The largest absolute Gasteiger partial charge is 0.303 e. The van der Waals surface area contributed by atoms with Crippen molar-refractivity contribution in [3.63, 3.8) is 0 Å². The minimum absolute atomic E-state index is 0.674. The van der Waals surface area contributed by atoms with Crippen LogP contribution in [-0.2, 0) is 0 Å². The Morgan fingerprint density at radius 1 is 1.26 bits per heavy atom. The van der Waals surface area contributed by atoms with Crippen LogP contribution < -0.4 is 0 Å². The second-order valence-corrected chi connectivity index (χ2v) is 6.41. The number of hydrogen-bond acceptors (Lipinski definition) is 3. The number of unbranched alkanes of at least 4 members (excludes halogenated alkanes) is 1. The second kappa shape index (κ2) is 6.02. The van der Waals surface area contributed by atoms with Crippen LogP contribution in [0.4, 0.5) is 0 Å². The van der Waals surface area contributed by atoms with Crippen molar-refractivity contribution in [1.82, 2.24) is 9.88 Å². The van der Waals surface area contributed by atoms with E-state index in [4.69, 9.17) is 4.98 Å². The fourth-order valence-electron chi connectivity index (χ4n) is 2.80. The van der Waals surface area contributed by atoms with Gasteiger partial charge >= 0.3 is 0 Å². The SMILES string of the molecule is [CH2]CCCN1CCC(c2nc3ccccc3s2)CC1. The Labute approximate surface area is 119 Å². The van der Waals surface area contributed by atoms with Gasteiger partial charge in [0.15, 0.2) is 0 Å². The number of thiazole rings is 1. The number of fused-ring (bicyclic) bond motifs is 1. The number of likely N-dealkylation sites (tertiary alicyclic amines) is 1. The van der Waals surface area contributed by atoms with Crippen LogP contribution in [-0.4, -0.2) is 29.5 Å². The van der Waals surface area contributed by atoms with Gasteiger partial charge in [0.05, 0.1) is 15.2 Å². The zero-order valence-corrected chi connectivity index (χ0v) is 12.2. The van der Waals surface area contributed by atoms with Gasteiger partial charge in [-0.1, -0.05) is 25.5 Å². The van der Waals surface area contributed by atoms with E-state index in [2.05, 4.69) is 36.1 Å². The highest BCUT2D eigenvalue weighted by atomic mass is 32.1. The molecule has 2 nitrogen and oxygen atoms in total. The van der Waals surface area contributed by atoms with E-state index in [9.17, 15) is 0 Å². The minimum atomic E-state index is 0.674. The molecule has 0 aliphatic carbocycles. The number of hydrogen-bond donors (Lipinski definition) is 0. The Hall–Kier alpha value is -0.930. The second-order valence-electron chi connectivity index (χ2n) is 5.34. The molecular formula is C16H21N2S. The van der Waals surface area contributed by atoms with Crippen molar-refractivity contribution in [1.29, 1.82) is 0 Å². The van der Waals surface area contributed by atoms with E-state index < -0.39 is 0 Å². The van der Waals surface area contributed by atoms with Gasteiger partial charge in [0.25, 0.3) is 0 Å². The summed E-state index contributed by atoms with van der Waals surface area (Å²) in [5.74, 6) is 0.674. The molecule has 19 heavy (non-hydrogen) atoms. The van der Waals surface area contributed by atoms with Gasteiger partial charge in [-0.2, -0.15) is 0 Å². The fraction of sp³-hybridized carbons (Fsp3) is 0.500. The fourth-order valence-corrected chi connectivity index (χ4v) is 3.94. The van der Waals surface area contributed by atoms with Gasteiger partial charge in [-0.3, -0.25) is 0 Å². The molecule has 101 valence electrons. The van der Waals surface area contributed by atoms with Crippen LogP contribution in [0, 0.1) is 6.92 Å². The predicted octanol–water partition coefficient (Wildman–Crippen LogP) is 4.09. The average molecular weight is 273 g/mol. The molecule has 0 atom stereocenters. The van der Waals surface area contributed by atoms with Crippen molar-refractivity contribution in [2.75, 3.05) is 19.6 Å². The van der Waals surface area contributed by atoms with Crippen molar-refractivity contribution in [3.05, 3.63) is 36.2 Å². The molecule has 0 bridgehead atoms. The summed E-state index contributed by atoms with van der Waals surface area (Å²) in [6.07, 6.45) is 4.80. The van der Waals surface area contributed by atoms with Crippen molar-refractivity contribution >= 4 is 21.6 Å². The molecule has 1 aliphatic heterocycles. The maximum absolute atomic E-state index is 4.81. The first-order valence-electron chi connectivity index (χ1n) is 7.24. The maximum atomic E-state index is 4.81. The third kappa shape index (κ3) is 2.98. The van der Waals surface area contributed by atoms with Crippen molar-refractivity contribution in [3.8, 4) is 0 Å². The molecule has 1 aromatic carbocycles. The normalized spacial score (nSPS) is 18.2. The van der Waals surface area contributed by atoms with Crippen LogP contribution in [0.2, 0.25) is 0 Å². The molecule has 3 heteroatoms. The Bertz CT molecular complexity index is 493. The maximum Gasteiger partial charge on any atom is 0.0970 e. The van der Waals surface area contributed by atoms with Gasteiger partial charge in [0.1, 0.15) is 0 Å². The lowest BCUT2D eigenvalue weighted by molar-refractivity contribution is 0.210. The number of para-hydroxylation sites is 1. The van der Waals surface area contributed by atoms with Crippen LogP contribution in [0.5, 0.6) is 0 Å². The molecule has 2 heterocycles. The van der Waals surface area contributed by atoms with E-state index in [1.165, 1.54) is 54.1 Å². The summed E-state index contributed by atoms with van der Waals surface area (Å²) in [5, 5.41) is 1.35. The molecule has 0 unspecified atom stereocenters. The summed E-state index contributed by atoms with van der Waals surface area (Å²) in [5.41, 5.74) is 1.17. The van der Waals surface area contributed by atoms with E-state index >= 15 is 0 Å². The zero-order chi connectivity index (χ0) is 13.1. The quantitative estimate of drug-likeness (QED) is 0.834. The Morgan fingerprint density at radius 3 is 2.79 bits per heavy atom. The minimum Gasteiger partial charge on any atom is -0.303 e. The van der Waals surface area contributed by atoms with Crippen molar-refractivity contribution < 1.29 is 0 Å². The van der Waals surface area contributed by atoms with E-state index in [1.54, 1.807) is 0 Å². The van der Waals surface area contributed by atoms with Crippen LogP contribution in [0.15, 0.2) is 24.3 Å². The van der Waals surface area contributed by atoms with Crippen LogP contribution in [0.25, 0.3) is 10.2 Å². The van der Waals surface area contributed by atoms with E-state index in [-0.39, 0.29) is 0 Å². The summed E-state index contributed by atoms with van der Waals surface area (Å²) in [6.45, 7) is 7.59. The number of aromatic nitrogens is 1. The third-order valence-electron chi connectivity index (χ3n) is 3.97. The topological polar surface area (TPSA) is 16.1 Å². The van der Waals surface area contributed by atoms with E-state index in [0.29, 0.717) is 5.92 Å². The number of piperidine rings is 1. The molecule has 3 rings (SSSR count). The standard InChI is InChI=1S/C16H21N2S/c1-2-3-10-18-11-8-13(9-12-18)16-17-14-6-4-5-7-15(14)19-16/h4-7,13H,1-3,8-12H2. The van der Waals surface area contributed by atoms with Gasteiger partial charge in [-0.05, 0) is 51.0 Å². The third-order valence-corrected chi connectivity index (χ3v) is 5.17. The van der Waals surface area contributed by atoms with Gasteiger partial charge in [-0.25, -0.2) is 4.98 Å². The lowest BCUT2D eigenvalue weighted by atomic mass is 9.97.